The summed E-state index contributed by atoms with van der Waals surface area (Å²) < 4.78 is 22.4. The van der Waals surface area contributed by atoms with Gasteiger partial charge in [0.25, 0.3) is 5.56 Å². The summed E-state index contributed by atoms with van der Waals surface area (Å²) >= 11 is 0. The molecule has 0 aliphatic carbocycles. The van der Waals surface area contributed by atoms with Crippen LogP contribution in [0.5, 0.6) is 5.75 Å². The molecular weight excluding hydrogens is 429 g/mol. The van der Waals surface area contributed by atoms with E-state index in [9.17, 15) is 18.8 Å². The number of benzene rings is 2. The van der Waals surface area contributed by atoms with Crippen LogP contribution in [-0.4, -0.2) is 31.4 Å². The standard InChI is InChI=1S/C23H22FN5O4/c1-3-33-19-7-5-4-6-17(19)25-20(30)14-28-18-13-27(2)26-21(18)22(31)29(23(28)32)12-15-8-10-16(24)11-9-15/h4-11,13H,3,12,14H2,1-2H3,(H,25,30). The largest absolute Gasteiger partial charge is 0.492 e. The first-order valence-electron chi connectivity index (χ1n) is 10.3. The van der Waals surface area contributed by atoms with E-state index in [0.29, 0.717) is 23.6 Å². The molecule has 1 N–H and O–H groups in total. The summed E-state index contributed by atoms with van der Waals surface area (Å²) in [5.74, 6) is -0.387. The first kappa shape index (κ1) is 22.0. The molecule has 170 valence electrons. The van der Waals surface area contributed by atoms with Crippen molar-refractivity contribution in [2.45, 2.75) is 20.0 Å². The van der Waals surface area contributed by atoms with Crippen molar-refractivity contribution >= 4 is 22.6 Å². The number of aromatic nitrogens is 4. The van der Waals surface area contributed by atoms with E-state index >= 15 is 0 Å². The minimum Gasteiger partial charge on any atom is -0.492 e. The fraction of sp³-hybridized carbons (Fsp3) is 0.217. The first-order chi connectivity index (χ1) is 15.9. The van der Waals surface area contributed by atoms with Crippen molar-refractivity contribution in [1.29, 1.82) is 0 Å². The SMILES string of the molecule is CCOc1ccccc1NC(=O)Cn1c(=O)n(Cc2ccc(F)cc2)c(=O)c2nn(C)cc21. The van der Waals surface area contributed by atoms with E-state index in [1.807, 2.05) is 6.92 Å². The molecule has 33 heavy (non-hydrogen) atoms. The molecule has 0 aliphatic heterocycles. The molecule has 10 heteroatoms. The van der Waals surface area contributed by atoms with Gasteiger partial charge in [0.05, 0.1) is 24.4 Å². The molecule has 9 nitrogen and oxygen atoms in total. The van der Waals surface area contributed by atoms with Gasteiger partial charge in [-0.3, -0.25) is 23.4 Å². The van der Waals surface area contributed by atoms with Crippen LogP contribution in [0.15, 0.2) is 64.3 Å². The van der Waals surface area contributed by atoms with Gasteiger partial charge in [0.2, 0.25) is 5.91 Å². The van der Waals surface area contributed by atoms with E-state index in [-0.39, 0.29) is 24.1 Å². The quantitative estimate of drug-likeness (QED) is 0.464. The molecule has 4 aromatic rings. The van der Waals surface area contributed by atoms with Crippen LogP contribution in [0, 0.1) is 5.82 Å². The van der Waals surface area contributed by atoms with E-state index in [0.717, 1.165) is 4.57 Å². The van der Waals surface area contributed by atoms with Gasteiger partial charge in [-0.25, -0.2) is 9.18 Å². The summed E-state index contributed by atoms with van der Waals surface area (Å²) in [6.45, 7) is 1.84. The van der Waals surface area contributed by atoms with Crippen LogP contribution < -0.4 is 21.3 Å². The van der Waals surface area contributed by atoms with Crippen molar-refractivity contribution in [1.82, 2.24) is 18.9 Å². The van der Waals surface area contributed by atoms with Crippen molar-refractivity contribution in [3.8, 4) is 5.75 Å². The van der Waals surface area contributed by atoms with Gasteiger partial charge in [0.15, 0.2) is 5.52 Å². The molecule has 2 heterocycles. The Bertz CT molecular complexity index is 1440. The fourth-order valence-electron chi connectivity index (χ4n) is 3.54. The number of halogens is 1. The van der Waals surface area contributed by atoms with Gasteiger partial charge in [0, 0.05) is 13.2 Å². The second kappa shape index (κ2) is 9.11. The van der Waals surface area contributed by atoms with E-state index < -0.39 is 23.0 Å². The Morgan fingerprint density at radius 1 is 1.09 bits per heavy atom. The normalized spacial score (nSPS) is 11.0. The Balaban J connectivity index is 1.72. The van der Waals surface area contributed by atoms with E-state index in [1.54, 1.807) is 31.3 Å². The third-order valence-electron chi connectivity index (χ3n) is 5.03. The molecule has 0 spiro atoms. The zero-order valence-corrected chi connectivity index (χ0v) is 18.1. The minimum absolute atomic E-state index is 0.0572. The van der Waals surface area contributed by atoms with Gasteiger partial charge < -0.3 is 10.1 Å². The molecule has 0 saturated carbocycles. The molecule has 0 bridgehead atoms. The van der Waals surface area contributed by atoms with Crippen molar-refractivity contribution in [2.24, 2.45) is 7.05 Å². The number of hydrogen-bond acceptors (Lipinski definition) is 5. The lowest BCUT2D eigenvalue weighted by Crippen LogP contribution is -2.41. The zero-order chi connectivity index (χ0) is 23.5. The maximum absolute atomic E-state index is 13.3. The second-order valence-corrected chi connectivity index (χ2v) is 7.40. The van der Waals surface area contributed by atoms with Gasteiger partial charge in [0.1, 0.15) is 18.1 Å². The third kappa shape index (κ3) is 4.54. The van der Waals surface area contributed by atoms with Crippen LogP contribution in [0.4, 0.5) is 10.1 Å². The number of ether oxygens (including phenoxy) is 1. The monoisotopic (exact) mass is 451 g/mol. The molecule has 2 aromatic heterocycles. The topological polar surface area (TPSA) is 100 Å². The summed E-state index contributed by atoms with van der Waals surface area (Å²) in [4.78, 5) is 39.1. The van der Waals surface area contributed by atoms with Crippen LogP contribution in [0.2, 0.25) is 0 Å². The highest BCUT2D eigenvalue weighted by Gasteiger charge is 2.19. The Kier molecular flexibility index (Phi) is 6.07. The summed E-state index contributed by atoms with van der Waals surface area (Å²) in [5.41, 5.74) is 0.0844. The molecule has 0 fully saturated rings. The van der Waals surface area contributed by atoms with Crippen LogP contribution in [-0.2, 0) is 24.9 Å². The maximum Gasteiger partial charge on any atom is 0.332 e. The predicted molar refractivity (Wildman–Crippen MR) is 121 cm³/mol. The van der Waals surface area contributed by atoms with Crippen molar-refractivity contribution < 1.29 is 13.9 Å². The third-order valence-corrected chi connectivity index (χ3v) is 5.03. The highest BCUT2D eigenvalue weighted by atomic mass is 19.1. The average Bonchev–Trinajstić information content (AvgIpc) is 3.19. The fourth-order valence-corrected chi connectivity index (χ4v) is 3.54. The Morgan fingerprint density at radius 2 is 1.82 bits per heavy atom. The van der Waals surface area contributed by atoms with Crippen LogP contribution >= 0.6 is 0 Å². The number of carbonyl (C=O) groups excluding carboxylic acids is 1. The van der Waals surface area contributed by atoms with Crippen LogP contribution in [0.25, 0.3) is 11.0 Å². The highest BCUT2D eigenvalue weighted by molar-refractivity contribution is 5.92. The summed E-state index contributed by atoms with van der Waals surface area (Å²) in [7, 11) is 1.62. The Labute approximate surface area is 187 Å². The molecule has 0 radical (unpaired) electrons. The minimum atomic E-state index is -0.668. The summed E-state index contributed by atoms with van der Waals surface area (Å²) in [6, 6.07) is 12.5. The Hall–Kier alpha value is -4.21. The number of anilines is 1. The summed E-state index contributed by atoms with van der Waals surface area (Å²) in [5, 5.41) is 6.93. The number of aryl methyl sites for hydroxylation is 1. The molecular formula is C23H22FN5O4. The molecule has 0 atom stereocenters. The number of nitrogens with zero attached hydrogens (tertiary/aromatic N) is 4. The van der Waals surface area contributed by atoms with Crippen LogP contribution in [0.3, 0.4) is 0 Å². The number of para-hydroxylation sites is 2. The van der Waals surface area contributed by atoms with Crippen molar-refractivity contribution in [2.75, 3.05) is 11.9 Å². The smallest absolute Gasteiger partial charge is 0.332 e. The number of nitrogens with one attached hydrogen (secondary N) is 1. The van der Waals surface area contributed by atoms with Crippen molar-refractivity contribution in [3.63, 3.8) is 0 Å². The molecule has 0 unspecified atom stereocenters. The van der Waals surface area contributed by atoms with Crippen molar-refractivity contribution in [3.05, 3.63) is 86.9 Å². The van der Waals surface area contributed by atoms with E-state index in [2.05, 4.69) is 10.4 Å². The van der Waals surface area contributed by atoms with E-state index in [1.165, 1.54) is 39.7 Å². The average molecular weight is 451 g/mol. The van der Waals surface area contributed by atoms with E-state index in [4.69, 9.17) is 4.74 Å². The van der Waals surface area contributed by atoms with Gasteiger partial charge in [-0.1, -0.05) is 24.3 Å². The zero-order valence-electron chi connectivity index (χ0n) is 18.1. The lowest BCUT2D eigenvalue weighted by atomic mass is 10.2. The molecule has 2 aromatic carbocycles. The van der Waals surface area contributed by atoms with Gasteiger partial charge in [-0.2, -0.15) is 5.10 Å². The second-order valence-electron chi connectivity index (χ2n) is 7.40. The van der Waals surface area contributed by atoms with Crippen LogP contribution in [0.1, 0.15) is 12.5 Å². The molecule has 0 saturated heterocycles. The maximum atomic E-state index is 13.3. The van der Waals surface area contributed by atoms with Gasteiger partial charge in [-0.05, 0) is 36.8 Å². The number of hydrogen-bond donors (Lipinski definition) is 1. The number of amides is 1. The Morgan fingerprint density at radius 3 is 2.55 bits per heavy atom. The first-order valence-corrected chi connectivity index (χ1v) is 10.3. The molecule has 0 aliphatic rings. The lowest BCUT2D eigenvalue weighted by Gasteiger charge is -2.14. The highest BCUT2D eigenvalue weighted by Crippen LogP contribution is 2.23. The van der Waals surface area contributed by atoms with Gasteiger partial charge in [-0.15, -0.1) is 0 Å². The number of carbonyl (C=O) groups is 1. The molecule has 4 rings (SSSR count). The number of rotatable bonds is 7. The predicted octanol–water partition coefficient (Wildman–Crippen LogP) is 2.12. The lowest BCUT2D eigenvalue weighted by molar-refractivity contribution is -0.116. The van der Waals surface area contributed by atoms with Gasteiger partial charge >= 0.3 is 5.69 Å². The number of fused-ring (bicyclic) bond motifs is 1. The molecule has 1 amide bonds. The summed E-state index contributed by atoms with van der Waals surface area (Å²) in [6.07, 6.45) is 1.52.